The van der Waals surface area contributed by atoms with Gasteiger partial charge in [0.2, 0.25) is 11.8 Å². The minimum Gasteiger partial charge on any atom is -0.508 e. The molecule has 2 aromatic carbocycles. The molecular formula is C26H21Cl2N3O6. The molecular weight excluding hydrogens is 521 g/mol. The highest BCUT2D eigenvalue weighted by atomic mass is 35.5. The van der Waals surface area contributed by atoms with E-state index >= 15 is 0 Å². The van der Waals surface area contributed by atoms with E-state index < -0.39 is 63.1 Å². The second-order valence-electron chi connectivity index (χ2n) is 10.1. The predicted molar refractivity (Wildman–Crippen MR) is 133 cm³/mol. The second kappa shape index (κ2) is 7.55. The van der Waals surface area contributed by atoms with Crippen molar-refractivity contribution in [3.63, 3.8) is 0 Å². The van der Waals surface area contributed by atoms with Gasteiger partial charge in [0.25, 0.3) is 11.8 Å². The number of nitrogens with zero attached hydrogens (tertiary/aromatic N) is 2. The van der Waals surface area contributed by atoms with Crippen LogP contribution in [0.5, 0.6) is 5.75 Å². The number of imide groups is 4. The number of carbonyl (C=O) groups is 5. The molecule has 190 valence electrons. The van der Waals surface area contributed by atoms with Crippen molar-refractivity contribution in [3.05, 3.63) is 53.6 Å². The summed E-state index contributed by atoms with van der Waals surface area (Å²) in [4.78, 5) is 62.6. The number of benzene rings is 2. The number of hydrogen-bond acceptors (Lipinski definition) is 6. The summed E-state index contributed by atoms with van der Waals surface area (Å²) in [6, 6.07) is 9.20. The number of hydrogen-bond donors (Lipinski definition) is 2. The first-order valence-electron chi connectivity index (χ1n) is 11.7. The number of nitrogens with two attached hydrogens (primary N) is 1. The Bertz CT molecular complexity index is 1510. The third-order valence-electron chi connectivity index (χ3n) is 8.47. The number of phenols is 1. The lowest BCUT2D eigenvalue weighted by molar-refractivity contribution is -0.139. The number of halogens is 2. The van der Waals surface area contributed by atoms with Crippen molar-refractivity contribution >= 4 is 63.6 Å². The van der Waals surface area contributed by atoms with E-state index in [1.807, 2.05) is 12.1 Å². The van der Waals surface area contributed by atoms with E-state index in [0.29, 0.717) is 21.4 Å². The molecule has 6 atom stereocenters. The van der Waals surface area contributed by atoms with E-state index in [1.54, 1.807) is 24.3 Å². The lowest BCUT2D eigenvalue weighted by atomic mass is 9.56. The number of amides is 6. The Hall–Kier alpha value is -3.43. The average molecular weight is 542 g/mol. The minimum absolute atomic E-state index is 0.0904. The van der Waals surface area contributed by atoms with Crippen LogP contribution in [-0.4, -0.2) is 61.4 Å². The molecule has 6 rings (SSSR count). The second-order valence-corrected chi connectivity index (χ2v) is 11.3. The summed E-state index contributed by atoms with van der Waals surface area (Å²) in [6.07, 6.45) is 1.60. The Morgan fingerprint density at radius 3 is 2.43 bits per heavy atom. The number of likely N-dealkylation sites (tertiary alicyclic amines) is 2. The minimum atomic E-state index is -2.02. The number of phenolic OH excluding ortho intramolecular Hbond substituents is 1. The summed E-state index contributed by atoms with van der Waals surface area (Å²) in [5.41, 5.74) is 6.15. The summed E-state index contributed by atoms with van der Waals surface area (Å²) in [5.74, 6) is -6.90. The number of fused-ring (bicyclic) bond motifs is 5. The molecule has 1 saturated carbocycles. The summed E-state index contributed by atoms with van der Waals surface area (Å²) in [7, 11) is 1.29. The quantitative estimate of drug-likeness (QED) is 0.323. The first kappa shape index (κ1) is 23.9. The van der Waals surface area contributed by atoms with E-state index in [-0.39, 0.29) is 18.6 Å². The molecule has 9 nitrogen and oxygen atoms in total. The molecule has 3 N–H and O–H groups in total. The van der Waals surface area contributed by atoms with Crippen molar-refractivity contribution in [1.82, 2.24) is 9.80 Å². The third kappa shape index (κ3) is 2.73. The zero-order valence-corrected chi connectivity index (χ0v) is 21.0. The zero-order chi connectivity index (χ0) is 26.6. The van der Waals surface area contributed by atoms with Crippen LogP contribution in [-0.2, 0) is 19.2 Å². The maximum atomic E-state index is 13.7. The van der Waals surface area contributed by atoms with Gasteiger partial charge in [0.1, 0.15) is 5.75 Å². The third-order valence-corrected chi connectivity index (χ3v) is 9.88. The fourth-order valence-electron chi connectivity index (χ4n) is 6.87. The Kier molecular flexibility index (Phi) is 4.88. The molecule has 37 heavy (non-hydrogen) atoms. The molecule has 11 heteroatoms. The number of alkyl halides is 2. The Labute approximate surface area is 220 Å². The summed E-state index contributed by atoms with van der Waals surface area (Å²) in [6.45, 7) is 0. The fourth-order valence-corrected chi connectivity index (χ4v) is 7.87. The average Bonchev–Trinajstić information content (AvgIpc) is 3.20. The molecule has 0 spiro atoms. The number of urea groups is 1. The van der Waals surface area contributed by atoms with Gasteiger partial charge in [-0.1, -0.05) is 42.0 Å². The topological polar surface area (TPSA) is 138 Å². The molecule has 2 aromatic rings. The predicted octanol–water partition coefficient (Wildman–Crippen LogP) is 2.61. The first-order chi connectivity index (χ1) is 17.4. The van der Waals surface area contributed by atoms with Crippen molar-refractivity contribution in [2.24, 2.45) is 23.5 Å². The van der Waals surface area contributed by atoms with Gasteiger partial charge in [0, 0.05) is 18.5 Å². The Morgan fingerprint density at radius 1 is 1.03 bits per heavy atom. The summed E-state index contributed by atoms with van der Waals surface area (Å²) < 4.78 is 0. The van der Waals surface area contributed by atoms with E-state index in [0.717, 1.165) is 10.3 Å². The molecule has 3 fully saturated rings. The van der Waals surface area contributed by atoms with Crippen molar-refractivity contribution < 1.29 is 29.1 Å². The lowest BCUT2D eigenvalue weighted by Crippen LogP contribution is -2.60. The van der Waals surface area contributed by atoms with Crippen LogP contribution >= 0.6 is 23.2 Å². The highest BCUT2D eigenvalue weighted by molar-refractivity contribution is 6.53. The van der Waals surface area contributed by atoms with E-state index in [2.05, 4.69) is 0 Å². The lowest BCUT2D eigenvalue weighted by Gasteiger charge is -2.51. The SMILES string of the molecule is CN1C(=O)C2(Cl)CC3C(=CCC4C(=O)N(C(N)=O)C(=O)C43)C(c3c(O)ccc4ccccc34)C2(Cl)C1=O. The molecule has 0 radical (unpaired) electrons. The molecule has 2 aliphatic carbocycles. The molecule has 2 aliphatic heterocycles. The van der Waals surface area contributed by atoms with Crippen molar-refractivity contribution in [2.45, 2.75) is 28.5 Å². The van der Waals surface area contributed by atoms with Crippen LogP contribution in [0.1, 0.15) is 24.3 Å². The molecule has 4 aliphatic rings. The maximum Gasteiger partial charge on any atom is 0.328 e. The maximum absolute atomic E-state index is 13.7. The molecule has 6 amide bonds. The Balaban J connectivity index is 1.65. The molecule has 0 aromatic heterocycles. The first-order valence-corrected chi connectivity index (χ1v) is 12.5. The monoisotopic (exact) mass is 541 g/mol. The van der Waals surface area contributed by atoms with Gasteiger partial charge in [-0.25, -0.2) is 4.79 Å². The van der Waals surface area contributed by atoms with Gasteiger partial charge < -0.3 is 10.8 Å². The van der Waals surface area contributed by atoms with Crippen molar-refractivity contribution in [1.29, 1.82) is 0 Å². The molecule has 2 saturated heterocycles. The highest BCUT2D eigenvalue weighted by Gasteiger charge is 2.76. The van der Waals surface area contributed by atoms with Crippen LogP contribution in [0.3, 0.4) is 0 Å². The Morgan fingerprint density at radius 2 is 1.73 bits per heavy atom. The summed E-state index contributed by atoms with van der Waals surface area (Å²) >= 11 is 14.2. The van der Waals surface area contributed by atoms with Gasteiger partial charge in [-0.05, 0) is 35.6 Å². The number of aromatic hydroxyl groups is 1. The van der Waals surface area contributed by atoms with Crippen LogP contribution in [0.25, 0.3) is 10.8 Å². The van der Waals surface area contributed by atoms with E-state index in [9.17, 15) is 29.1 Å². The van der Waals surface area contributed by atoms with Gasteiger partial charge >= 0.3 is 6.03 Å². The van der Waals surface area contributed by atoms with E-state index in [4.69, 9.17) is 28.9 Å². The van der Waals surface area contributed by atoms with Crippen LogP contribution in [0, 0.1) is 17.8 Å². The van der Waals surface area contributed by atoms with Gasteiger partial charge in [0.05, 0.1) is 11.8 Å². The largest absolute Gasteiger partial charge is 0.508 e. The number of primary amides is 1. The van der Waals surface area contributed by atoms with Gasteiger partial charge in [0.15, 0.2) is 9.75 Å². The summed E-state index contributed by atoms with van der Waals surface area (Å²) in [5, 5.41) is 12.5. The fraction of sp³-hybridized carbons (Fsp3) is 0.346. The van der Waals surface area contributed by atoms with Crippen molar-refractivity contribution in [2.75, 3.05) is 7.05 Å². The van der Waals surface area contributed by atoms with Gasteiger partial charge in [-0.3, -0.25) is 24.1 Å². The van der Waals surface area contributed by atoms with Crippen LogP contribution in [0.15, 0.2) is 48.0 Å². The smallest absolute Gasteiger partial charge is 0.328 e. The molecule has 0 bridgehead atoms. The standard InChI is InChI=1S/C26H21Cl2N3O6/c1-30-22(35)25(27)10-15-13(7-8-14-17(15)21(34)31(20(14)33)24(29)37)19(26(25,28)23(30)36)18-12-5-3-2-4-11(12)6-9-16(18)32/h2-7,9,14-15,17,19,32H,8,10H2,1H3,(H2,29,37). The van der Waals surface area contributed by atoms with Crippen LogP contribution in [0.4, 0.5) is 4.79 Å². The van der Waals surface area contributed by atoms with E-state index in [1.165, 1.54) is 13.1 Å². The number of allylic oxidation sites excluding steroid dienone is 2. The zero-order valence-electron chi connectivity index (χ0n) is 19.5. The normalized spacial score (nSPS) is 34.9. The number of rotatable bonds is 1. The molecule has 6 unspecified atom stereocenters. The van der Waals surface area contributed by atoms with Crippen molar-refractivity contribution in [3.8, 4) is 5.75 Å². The van der Waals surface area contributed by atoms with Crippen LogP contribution < -0.4 is 5.73 Å². The van der Waals surface area contributed by atoms with Crippen LogP contribution in [0.2, 0.25) is 0 Å². The highest BCUT2D eigenvalue weighted by Crippen LogP contribution is 2.66. The molecule has 2 heterocycles. The van der Waals surface area contributed by atoms with Gasteiger partial charge in [-0.2, -0.15) is 4.90 Å². The van der Waals surface area contributed by atoms with Gasteiger partial charge in [-0.15, -0.1) is 23.2 Å². The number of carbonyl (C=O) groups excluding carboxylic acids is 5.